The van der Waals surface area contributed by atoms with Gasteiger partial charge >= 0.3 is 0 Å². The Kier molecular flexibility index (Phi) is 3.21. The molecule has 0 aliphatic rings. The van der Waals surface area contributed by atoms with Crippen molar-refractivity contribution in [1.29, 1.82) is 0 Å². The van der Waals surface area contributed by atoms with Crippen LogP contribution in [0.1, 0.15) is 10.4 Å². The number of nitrogens with one attached hydrogen (secondary N) is 1. The maximum atomic E-state index is 11.9. The van der Waals surface area contributed by atoms with Crippen LogP contribution < -0.4 is 11.1 Å². The van der Waals surface area contributed by atoms with Crippen molar-refractivity contribution < 1.29 is 4.79 Å². The Morgan fingerprint density at radius 2 is 2.31 bits per heavy atom. The molecule has 0 bridgehead atoms. The van der Waals surface area contributed by atoms with E-state index in [1.165, 1.54) is 11.3 Å². The highest BCUT2D eigenvalue weighted by Crippen LogP contribution is 2.24. The van der Waals surface area contributed by atoms with E-state index in [2.05, 4.69) is 26.2 Å². The number of hydrogen-bond acceptors (Lipinski definition) is 4. The molecule has 0 fully saturated rings. The number of hydrogen-bond donors (Lipinski definition) is 2. The van der Waals surface area contributed by atoms with Crippen molar-refractivity contribution in [2.45, 2.75) is 0 Å². The molecule has 6 heteroatoms. The van der Waals surface area contributed by atoms with Gasteiger partial charge in [-0.3, -0.25) is 10.1 Å². The predicted octanol–water partition coefficient (Wildman–Crippen LogP) is 2.74. The fourth-order valence-corrected chi connectivity index (χ4v) is 2.14. The van der Waals surface area contributed by atoms with E-state index in [1.807, 2.05) is 0 Å². The molecule has 0 saturated heterocycles. The molecule has 1 aromatic carbocycles. The minimum absolute atomic E-state index is 0.228. The van der Waals surface area contributed by atoms with Crippen LogP contribution in [0.3, 0.4) is 0 Å². The standard InChI is InChI=1S/C10H8BrN3OS/c11-8-6(2-1-3-7(8)12)9(15)14-10-13-4-5-16-10/h1-5H,12H2,(H,13,14,15). The molecule has 1 amide bonds. The Labute approximate surface area is 105 Å². The molecule has 16 heavy (non-hydrogen) atoms. The van der Waals surface area contributed by atoms with Gasteiger partial charge in [-0.2, -0.15) is 0 Å². The Bertz CT molecular complexity index is 513. The lowest BCUT2D eigenvalue weighted by molar-refractivity contribution is 0.102. The first-order chi connectivity index (χ1) is 7.68. The van der Waals surface area contributed by atoms with Gasteiger partial charge in [0.2, 0.25) is 0 Å². The topological polar surface area (TPSA) is 68.0 Å². The summed E-state index contributed by atoms with van der Waals surface area (Å²) in [7, 11) is 0. The largest absolute Gasteiger partial charge is 0.398 e. The van der Waals surface area contributed by atoms with Crippen LogP contribution in [0.15, 0.2) is 34.2 Å². The monoisotopic (exact) mass is 297 g/mol. The summed E-state index contributed by atoms with van der Waals surface area (Å²) in [6.45, 7) is 0. The molecule has 0 saturated carbocycles. The van der Waals surface area contributed by atoms with Crippen molar-refractivity contribution in [3.05, 3.63) is 39.8 Å². The number of nitrogen functional groups attached to an aromatic ring is 1. The zero-order chi connectivity index (χ0) is 11.5. The first-order valence-corrected chi connectivity index (χ1v) is 6.10. The van der Waals surface area contributed by atoms with Gasteiger partial charge in [-0.1, -0.05) is 6.07 Å². The first kappa shape index (κ1) is 11.1. The number of thiazole rings is 1. The highest BCUT2D eigenvalue weighted by Gasteiger charge is 2.12. The molecule has 0 unspecified atom stereocenters. The molecule has 0 radical (unpaired) electrons. The Balaban J connectivity index is 2.24. The quantitative estimate of drug-likeness (QED) is 0.838. The summed E-state index contributed by atoms with van der Waals surface area (Å²) in [5.74, 6) is -0.228. The van der Waals surface area contributed by atoms with Crippen molar-refractivity contribution in [1.82, 2.24) is 4.98 Å². The number of nitrogens with zero attached hydrogens (tertiary/aromatic N) is 1. The maximum absolute atomic E-state index is 11.9. The fourth-order valence-electron chi connectivity index (χ4n) is 1.17. The van der Waals surface area contributed by atoms with Crippen molar-refractivity contribution >= 4 is 44.0 Å². The van der Waals surface area contributed by atoms with E-state index in [0.717, 1.165) is 0 Å². The van der Waals surface area contributed by atoms with Crippen LogP contribution in [-0.4, -0.2) is 10.9 Å². The lowest BCUT2D eigenvalue weighted by Gasteiger charge is -2.05. The molecule has 0 spiro atoms. The van der Waals surface area contributed by atoms with E-state index >= 15 is 0 Å². The number of rotatable bonds is 2. The SMILES string of the molecule is Nc1cccc(C(=O)Nc2nccs2)c1Br. The number of aromatic nitrogens is 1. The molecule has 2 rings (SSSR count). The molecular formula is C10H8BrN3OS. The zero-order valence-electron chi connectivity index (χ0n) is 8.11. The van der Waals surface area contributed by atoms with Crippen LogP contribution in [-0.2, 0) is 0 Å². The molecule has 1 heterocycles. The van der Waals surface area contributed by atoms with Crippen molar-refractivity contribution in [3.63, 3.8) is 0 Å². The van der Waals surface area contributed by atoms with Gasteiger partial charge in [-0.25, -0.2) is 4.98 Å². The van der Waals surface area contributed by atoms with Crippen molar-refractivity contribution in [2.75, 3.05) is 11.1 Å². The third-order valence-corrected chi connectivity index (χ3v) is 3.50. The molecule has 1 aromatic heterocycles. The average Bonchev–Trinajstić information content (AvgIpc) is 2.74. The summed E-state index contributed by atoms with van der Waals surface area (Å²) in [5.41, 5.74) is 6.72. The van der Waals surface area contributed by atoms with E-state index in [1.54, 1.807) is 29.8 Å². The number of halogens is 1. The van der Waals surface area contributed by atoms with Crippen LogP contribution >= 0.6 is 27.3 Å². The van der Waals surface area contributed by atoms with E-state index in [4.69, 9.17) is 5.73 Å². The molecule has 2 aromatic rings. The molecule has 0 atom stereocenters. The second-order valence-electron chi connectivity index (χ2n) is 3.00. The number of carbonyl (C=O) groups is 1. The Morgan fingerprint density at radius 1 is 1.50 bits per heavy atom. The van der Waals surface area contributed by atoms with Crippen LogP contribution in [0, 0.1) is 0 Å². The molecule has 3 N–H and O–H groups in total. The summed E-state index contributed by atoms with van der Waals surface area (Å²) in [6.07, 6.45) is 1.63. The van der Waals surface area contributed by atoms with Gasteiger partial charge in [0.15, 0.2) is 5.13 Å². The van der Waals surface area contributed by atoms with Crippen molar-refractivity contribution in [2.24, 2.45) is 0 Å². The highest BCUT2D eigenvalue weighted by molar-refractivity contribution is 9.10. The van der Waals surface area contributed by atoms with Gasteiger partial charge in [-0.05, 0) is 28.1 Å². The lowest BCUT2D eigenvalue weighted by Crippen LogP contribution is -2.12. The van der Waals surface area contributed by atoms with Gasteiger partial charge in [-0.15, -0.1) is 11.3 Å². The van der Waals surface area contributed by atoms with E-state index < -0.39 is 0 Å². The van der Waals surface area contributed by atoms with Crippen LogP contribution in [0.4, 0.5) is 10.8 Å². The molecule has 82 valence electrons. The second kappa shape index (κ2) is 4.63. The second-order valence-corrected chi connectivity index (χ2v) is 4.69. The molecule has 4 nitrogen and oxygen atoms in total. The molecular weight excluding hydrogens is 290 g/mol. The average molecular weight is 298 g/mol. The third-order valence-electron chi connectivity index (χ3n) is 1.93. The highest BCUT2D eigenvalue weighted by atomic mass is 79.9. The summed E-state index contributed by atoms with van der Waals surface area (Å²) in [6, 6.07) is 5.16. The van der Waals surface area contributed by atoms with Gasteiger partial charge in [0.25, 0.3) is 5.91 Å². The van der Waals surface area contributed by atoms with E-state index in [0.29, 0.717) is 20.9 Å². The Hall–Kier alpha value is -1.40. The molecule has 0 aliphatic carbocycles. The van der Waals surface area contributed by atoms with Crippen LogP contribution in [0.5, 0.6) is 0 Å². The van der Waals surface area contributed by atoms with Gasteiger partial charge < -0.3 is 5.73 Å². The van der Waals surface area contributed by atoms with Crippen LogP contribution in [0.2, 0.25) is 0 Å². The summed E-state index contributed by atoms with van der Waals surface area (Å²) >= 11 is 4.65. The van der Waals surface area contributed by atoms with Gasteiger partial charge in [0.05, 0.1) is 10.0 Å². The van der Waals surface area contributed by atoms with Gasteiger partial charge in [0, 0.05) is 17.3 Å². The number of amides is 1. The molecule has 0 aliphatic heterocycles. The minimum atomic E-state index is -0.228. The van der Waals surface area contributed by atoms with Gasteiger partial charge in [0.1, 0.15) is 0 Å². The summed E-state index contributed by atoms with van der Waals surface area (Å²) in [5, 5.41) is 5.05. The van der Waals surface area contributed by atoms with E-state index in [-0.39, 0.29) is 5.91 Å². The zero-order valence-corrected chi connectivity index (χ0v) is 10.5. The normalized spacial score (nSPS) is 10.1. The predicted molar refractivity (Wildman–Crippen MR) is 68.6 cm³/mol. The number of nitrogens with two attached hydrogens (primary N) is 1. The number of anilines is 2. The first-order valence-electron chi connectivity index (χ1n) is 4.43. The minimum Gasteiger partial charge on any atom is -0.398 e. The number of carbonyl (C=O) groups excluding carboxylic acids is 1. The third kappa shape index (κ3) is 2.23. The van der Waals surface area contributed by atoms with Crippen molar-refractivity contribution in [3.8, 4) is 0 Å². The van der Waals surface area contributed by atoms with Crippen LogP contribution in [0.25, 0.3) is 0 Å². The Morgan fingerprint density at radius 3 is 3.00 bits per heavy atom. The lowest BCUT2D eigenvalue weighted by atomic mass is 10.2. The fraction of sp³-hybridized carbons (Fsp3) is 0. The van der Waals surface area contributed by atoms with E-state index in [9.17, 15) is 4.79 Å². The summed E-state index contributed by atoms with van der Waals surface area (Å²) < 4.78 is 0.601. The number of benzene rings is 1. The smallest absolute Gasteiger partial charge is 0.258 e. The summed E-state index contributed by atoms with van der Waals surface area (Å²) in [4.78, 5) is 15.8. The maximum Gasteiger partial charge on any atom is 0.258 e.